The third-order valence-electron chi connectivity index (χ3n) is 6.27. The van der Waals surface area contributed by atoms with Crippen molar-refractivity contribution >= 4 is 16.8 Å². The SMILES string of the molecule is Cc1nn(C(C)C(=O)N2CCN(C)CC2)c(=O)c2c(-n3cccc3)n(-c3ccccc3)nc12. The predicted molar refractivity (Wildman–Crippen MR) is 126 cm³/mol. The Morgan fingerprint density at radius 3 is 2.30 bits per heavy atom. The first-order valence-corrected chi connectivity index (χ1v) is 11.1. The Kier molecular flexibility index (Phi) is 5.33. The number of aromatic nitrogens is 5. The molecular formula is C24H27N7O2. The number of likely N-dealkylation sites (N-methyl/N-ethyl adjacent to an activating group) is 1. The van der Waals surface area contributed by atoms with Crippen LogP contribution in [0.15, 0.2) is 59.7 Å². The Balaban J connectivity index is 1.67. The van der Waals surface area contributed by atoms with Crippen LogP contribution in [0.4, 0.5) is 0 Å². The average molecular weight is 446 g/mol. The Morgan fingerprint density at radius 2 is 1.64 bits per heavy atom. The van der Waals surface area contributed by atoms with Gasteiger partial charge in [0.15, 0.2) is 5.82 Å². The lowest BCUT2D eigenvalue weighted by Gasteiger charge is -2.34. The number of nitrogens with zero attached hydrogens (tertiary/aromatic N) is 7. The monoisotopic (exact) mass is 445 g/mol. The minimum Gasteiger partial charge on any atom is -0.338 e. The van der Waals surface area contributed by atoms with Gasteiger partial charge in [0.05, 0.1) is 11.4 Å². The third-order valence-corrected chi connectivity index (χ3v) is 6.27. The number of hydrogen-bond acceptors (Lipinski definition) is 5. The van der Waals surface area contributed by atoms with Crippen molar-refractivity contribution in [3.05, 3.63) is 70.9 Å². The van der Waals surface area contributed by atoms with Gasteiger partial charge in [-0.25, -0.2) is 9.36 Å². The van der Waals surface area contributed by atoms with Crippen LogP contribution in [-0.4, -0.2) is 73.1 Å². The molecule has 0 N–H and O–H groups in total. The summed E-state index contributed by atoms with van der Waals surface area (Å²) >= 11 is 0. The summed E-state index contributed by atoms with van der Waals surface area (Å²) in [6, 6.07) is 12.8. The number of carbonyl (C=O) groups excluding carboxylic acids is 1. The Morgan fingerprint density at radius 1 is 0.970 bits per heavy atom. The van der Waals surface area contributed by atoms with Gasteiger partial charge in [-0.15, -0.1) is 0 Å². The highest BCUT2D eigenvalue weighted by Gasteiger charge is 2.29. The molecule has 3 aromatic heterocycles. The molecule has 1 aromatic carbocycles. The standard InChI is InChI=1S/C24H27N7O2/c1-17-21-20(22(28-11-7-8-12-28)31(26-21)19-9-5-4-6-10-19)24(33)30(25-17)18(2)23(32)29-15-13-27(3)14-16-29/h4-12,18H,13-16H2,1-3H3. The third kappa shape index (κ3) is 3.64. The lowest BCUT2D eigenvalue weighted by Crippen LogP contribution is -2.50. The normalized spacial score (nSPS) is 15.8. The summed E-state index contributed by atoms with van der Waals surface area (Å²) < 4.78 is 4.96. The van der Waals surface area contributed by atoms with Gasteiger partial charge in [-0.05, 0) is 45.2 Å². The van der Waals surface area contributed by atoms with Gasteiger partial charge in [0.2, 0.25) is 5.91 Å². The highest BCUT2D eigenvalue weighted by Crippen LogP contribution is 2.25. The molecule has 0 aliphatic carbocycles. The summed E-state index contributed by atoms with van der Waals surface area (Å²) in [6.07, 6.45) is 3.77. The average Bonchev–Trinajstić information content (AvgIpc) is 3.50. The fourth-order valence-corrected chi connectivity index (χ4v) is 4.35. The second kappa shape index (κ2) is 8.32. The van der Waals surface area contributed by atoms with E-state index in [1.807, 2.05) is 78.3 Å². The van der Waals surface area contributed by atoms with Crippen molar-refractivity contribution in [3.8, 4) is 11.5 Å². The fourth-order valence-electron chi connectivity index (χ4n) is 4.35. The molecule has 0 radical (unpaired) electrons. The molecule has 0 saturated carbocycles. The van der Waals surface area contributed by atoms with E-state index in [2.05, 4.69) is 10.00 Å². The predicted octanol–water partition coefficient (Wildman–Crippen LogP) is 2.02. The number of aryl methyl sites for hydroxylation is 1. The molecule has 1 saturated heterocycles. The van der Waals surface area contributed by atoms with E-state index < -0.39 is 6.04 Å². The lowest BCUT2D eigenvalue weighted by molar-refractivity contribution is -0.136. The molecule has 1 aliphatic heterocycles. The van der Waals surface area contributed by atoms with Gasteiger partial charge in [-0.1, -0.05) is 18.2 Å². The highest BCUT2D eigenvalue weighted by molar-refractivity contribution is 5.88. The van der Waals surface area contributed by atoms with Crippen LogP contribution in [0.3, 0.4) is 0 Å². The summed E-state index contributed by atoms with van der Waals surface area (Å²) in [6.45, 7) is 6.51. The molecule has 4 heterocycles. The molecule has 1 atom stereocenters. The summed E-state index contributed by atoms with van der Waals surface area (Å²) in [4.78, 5) is 31.0. The maximum Gasteiger partial charge on any atom is 0.280 e. The van der Waals surface area contributed by atoms with Gasteiger partial charge in [0.25, 0.3) is 5.56 Å². The van der Waals surface area contributed by atoms with Crippen molar-refractivity contribution in [3.63, 3.8) is 0 Å². The van der Waals surface area contributed by atoms with Crippen LogP contribution in [0.5, 0.6) is 0 Å². The molecular weight excluding hydrogens is 418 g/mol. The van der Waals surface area contributed by atoms with Crippen molar-refractivity contribution in [2.45, 2.75) is 19.9 Å². The molecule has 9 heteroatoms. The molecule has 5 rings (SSSR count). The van der Waals surface area contributed by atoms with E-state index in [0.717, 1.165) is 18.8 Å². The van der Waals surface area contributed by atoms with Gasteiger partial charge in [0, 0.05) is 38.6 Å². The smallest absolute Gasteiger partial charge is 0.280 e. The number of carbonyl (C=O) groups is 1. The summed E-state index contributed by atoms with van der Waals surface area (Å²) in [5, 5.41) is 9.73. The van der Waals surface area contributed by atoms with Crippen LogP contribution < -0.4 is 5.56 Å². The minimum atomic E-state index is -0.707. The second-order valence-electron chi connectivity index (χ2n) is 8.52. The van der Waals surface area contributed by atoms with Crippen LogP contribution in [0.2, 0.25) is 0 Å². The van der Waals surface area contributed by atoms with Gasteiger partial charge in [0.1, 0.15) is 16.9 Å². The number of para-hydroxylation sites is 1. The van der Waals surface area contributed by atoms with Gasteiger partial charge < -0.3 is 14.4 Å². The zero-order chi connectivity index (χ0) is 23.1. The molecule has 1 aliphatic rings. The van der Waals surface area contributed by atoms with Crippen molar-refractivity contribution in [2.24, 2.45) is 0 Å². The van der Waals surface area contributed by atoms with E-state index in [0.29, 0.717) is 35.5 Å². The second-order valence-corrected chi connectivity index (χ2v) is 8.52. The molecule has 9 nitrogen and oxygen atoms in total. The summed E-state index contributed by atoms with van der Waals surface area (Å²) in [5.41, 5.74) is 1.65. The van der Waals surface area contributed by atoms with Crippen LogP contribution in [-0.2, 0) is 4.79 Å². The summed E-state index contributed by atoms with van der Waals surface area (Å²) in [7, 11) is 2.04. The van der Waals surface area contributed by atoms with Crippen molar-refractivity contribution in [2.75, 3.05) is 33.2 Å². The highest BCUT2D eigenvalue weighted by atomic mass is 16.2. The number of hydrogen-bond donors (Lipinski definition) is 0. The fraction of sp³-hybridized carbons (Fsp3) is 0.333. The van der Waals surface area contributed by atoms with E-state index in [1.54, 1.807) is 11.6 Å². The maximum atomic E-state index is 13.8. The number of rotatable bonds is 4. The first kappa shape index (κ1) is 21.1. The zero-order valence-corrected chi connectivity index (χ0v) is 19.0. The number of benzene rings is 1. The van der Waals surface area contributed by atoms with E-state index in [9.17, 15) is 9.59 Å². The Labute approximate surface area is 191 Å². The van der Waals surface area contributed by atoms with Gasteiger partial charge >= 0.3 is 0 Å². The van der Waals surface area contributed by atoms with E-state index in [1.165, 1.54) is 4.68 Å². The topological polar surface area (TPSA) is 81.2 Å². The van der Waals surface area contributed by atoms with E-state index in [4.69, 9.17) is 5.10 Å². The molecule has 1 amide bonds. The Bertz CT molecular complexity index is 1350. The molecule has 1 fully saturated rings. The zero-order valence-electron chi connectivity index (χ0n) is 19.0. The molecule has 0 spiro atoms. The minimum absolute atomic E-state index is 0.0885. The molecule has 4 aromatic rings. The van der Waals surface area contributed by atoms with Crippen LogP contribution >= 0.6 is 0 Å². The van der Waals surface area contributed by atoms with Crippen molar-refractivity contribution < 1.29 is 4.79 Å². The number of fused-ring (bicyclic) bond motifs is 1. The maximum absolute atomic E-state index is 13.8. The van der Waals surface area contributed by atoms with Crippen LogP contribution in [0, 0.1) is 6.92 Å². The van der Waals surface area contributed by atoms with Crippen molar-refractivity contribution in [1.82, 2.24) is 33.9 Å². The largest absolute Gasteiger partial charge is 0.338 e. The molecule has 170 valence electrons. The number of amides is 1. The van der Waals surface area contributed by atoms with E-state index in [-0.39, 0.29) is 11.5 Å². The van der Waals surface area contributed by atoms with Gasteiger partial charge in [-0.2, -0.15) is 10.2 Å². The first-order valence-electron chi connectivity index (χ1n) is 11.1. The van der Waals surface area contributed by atoms with Crippen molar-refractivity contribution in [1.29, 1.82) is 0 Å². The summed E-state index contributed by atoms with van der Waals surface area (Å²) in [5.74, 6) is 0.541. The number of piperazine rings is 1. The van der Waals surface area contributed by atoms with Crippen LogP contribution in [0.25, 0.3) is 22.4 Å². The molecule has 1 unspecified atom stereocenters. The molecule has 0 bridgehead atoms. The lowest BCUT2D eigenvalue weighted by atomic mass is 10.2. The van der Waals surface area contributed by atoms with Gasteiger partial charge in [-0.3, -0.25) is 9.59 Å². The first-order chi connectivity index (χ1) is 16.0. The molecule has 33 heavy (non-hydrogen) atoms. The Hall–Kier alpha value is -3.72. The quantitative estimate of drug-likeness (QED) is 0.480. The van der Waals surface area contributed by atoms with Crippen LogP contribution in [0.1, 0.15) is 18.7 Å². The van der Waals surface area contributed by atoms with E-state index >= 15 is 0 Å².